The molecule has 2 aromatic carbocycles. The van der Waals surface area contributed by atoms with Crippen LogP contribution in [0.4, 0.5) is 0 Å². The van der Waals surface area contributed by atoms with Crippen LogP contribution in [-0.4, -0.2) is 35.3 Å². The largest absolute Gasteiger partial charge is 0.291 e. The molecule has 23 heavy (non-hydrogen) atoms. The minimum absolute atomic E-state index is 0.479. The van der Waals surface area contributed by atoms with Gasteiger partial charge < -0.3 is 0 Å². The van der Waals surface area contributed by atoms with E-state index in [1.54, 1.807) is 0 Å². The second-order valence-corrected chi connectivity index (χ2v) is 6.48. The SMILES string of the molecule is C(=N\N1CC1c1ccccc1)/C1CCCN1Cc1ccccc1. The van der Waals surface area contributed by atoms with Crippen molar-refractivity contribution in [2.24, 2.45) is 5.10 Å². The Morgan fingerprint density at radius 2 is 1.74 bits per heavy atom. The molecular formula is C20H23N3. The molecule has 2 unspecified atom stereocenters. The summed E-state index contributed by atoms with van der Waals surface area (Å²) < 4.78 is 0. The van der Waals surface area contributed by atoms with E-state index < -0.39 is 0 Å². The lowest BCUT2D eigenvalue weighted by Gasteiger charge is -2.21. The highest BCUT2D eigenvalue weighted by Crippen LogP contribution is 2.34. The normalized spacial score (nSPS) is 24.4. The fourth-order valence-electron chi connectivity index (χ4n) is 3.41. The van der Waals surface area contributed by atoms with Crippen LogP contribution in [0.3, 0.4) is 0 Å². The van der Waals surface area contributed by atoms with Crippen LogP contribution in [0.2, 0.25) is 0 Å². The van der Waals surface area contributed by atoms with E-state index >= 15 is 0 Å². The summed E-state index contributed by atoms with van der Waals surface area (Å²) in [6, 6.07) is 22.4. The van der Waals surface area contributed by atoms with Crippen molar-refractivity contribution in [2.45, 2.75) is 31.5 Å². The Morgan fingerprint density at radius 3 is 2.52 bits per heavy atom. The molecule has 2 atom stereocenters. The van der Waals surface area contributed by atoms with Crippen LogP contribution >= 0.6 is 0 Å². The Labute approximate surface area is 138 Å². The fourth-order valence-corrected chi connectivity index (χ4v) is 3.41. The number of benzene rings is 2. The zero-order chi connectivity index (χ0) is 15.5. The summed E-state index contributed by atoms with van der Waals surface area (Å²) in [7, 11) is 0. The smallest absolute Gasteiger partial charge is 0.0912 e. The van der Waals surface area contributed by atoms with Gasteiger partial charge in [0, 0.05) is 18.8 Å². The van der Waals surface area contributed by atoms with Crippen molar-refractivity contribution in [3.63, 3.8) is 0 Å². The quantitative estimate of drug-likeness (QED) is 0.619. The second kappa shape index (κ2) is 6.55. The lowest BCUT2D eigenvalue weighted by molar-refractivity contribution is 0.296. The molecular weight excluding hydrogens is 282 g/mol. The van der Waals surface area contributed by atoms with E-state index in [2.05, 4.69) is 76.8 Å². The average Bonchev–Trinajstić information content (AvgIpc) is 3.26. The molecule has 0 bridgehead atoms. The van der Waals surface area contributed by atoms with Crippen LogP contribution < -0.4 is 0 Å². The number of hydrogen-bond donors (Lipinski definition) is 0. The molecule has 2 saturated heterocycles. The molecule has 0 aromatic heterocycles. The van der Waals surface area contributed by atoms with Crippen LogP contribution in [0, 0.1) is 0 Å². The van der Waals surface area contributed by atoms with E-state index in [0.717, 1.165) is 13.1 Å². The predicted octanol–water partition coefficient (Wildman–Crippen LogP) is 3.69. The molecule has 0 spiro atoms. The minimum atomic E-state index is 0.479. The summed E-state index contributed by atoms with van der Waals surface area (Å²) in [5.41, 5.74) is 2.76. The van der Waals surface area contributed by atoms with Crippen LogP contribution in [0.25, 0.3) is 0 Å². The van der Waals surface area contributed by atoms with Gasteiger partial charge in [-0.15, -0.1) is 0 Å². The summed E-state index contributed by atoms with van der Waals surface area (Å²) >= 11 is 0. The van der Waals surface area contributed by atoms with E-state index in [-0.39, 0.29) is 0 Å². The molecule has 0 saturated carbocycles. The Bertz CT molecular complexity index is 653. The van der Waals surface area contributed by atoms with E-state index in [1.807, 2.05) is 0 Å². The van der Waals surface area contributed by atoms with E-state index in [0.29, 0.717) is 12.1 Å². The van der Waals surface area contributed by atoms with Crippen LogP contribution in [0.5, 0.6) is 0 Å². The van der Waals surface area contributed by atoms with Crippen molar-refractivity contribution in [3.05, 3.63) is 71.8 Å². The van der Waals surface area contributed by atoms with Crippen LogP contribution in [0.1, 0.15) is 30.0 Å². The maximum absolute atomic E-state index is 4.73. The first-order valence-electron chi connectivity index (χ1n) is 8.54. The zero-order valence-electron chi connectivity index (χ0n) is 13.4. The maximum Gasteiger partial charge on any atom is 0.0912 e. The van der Waals surface area contributed by atoms with Gasteiger partial charge in [-0.3, -0.25) is 9.91 Å². The molecule has 0 amide bonds. The summed E-state index contributed by atoms with van der Waals surface area (Å²) in [5, 5.41) is 6.92. The topological polar surface area (TPSA) is 18.6 Å². The number of nitrogens with zero attached hydrogens (tertiary/aromatic N) is 3. The maximum atomic E-state index is 4.73. The Balaban J connectivity index is 1.35. The fraction of sp³-hybridized carbons (Fsp3) is 0.350. The molecule has 2 fully saturated rings. The molecule has 0 N–H and O–H groups in total. The first kappa shape index (κ1) is 14.5. The Morgan fingerprint density at radius 1 is 1.00 bits per heavy atom. The van der Waals surface area contributed by atoms with E-state index in [1.165, 1.54) is 30.5 Å². The van der Waals surface area contributed by atoms with E-state index in [9.17, 15) is 0 Å². The van der Waals surface area contributed by atoms with Crippen molar-refractivity contribution in [3.8, 4) is 0 Å². The highest BCUT2D eigenvalue weighted by molar-refractivity contribution is 5.64. The molecule has 0 radical (unpaired) electrons. The zero-order valence-corrected chi connectivity index (χ0v) is 13.4. The first-order chi connectivity index (χ1) is 11.4. The third kappa shape index (κ3) is 3.45. The standard InChI is InChI=1S/C20H23N3/c1-3-8-17(9-4-1)15-22-13-7-12-19(22)14-21-23-16-20(23)18-10-5-2-6-11-18/h1-6,8-11,14,19-20H,7,12-13,15-16H2/b21-14+. The highest BCUT2D eigenvalue weighted by atomic mass is 15.6. The summed E-state index contributed by atoms with van der Waals surface area (Å²) in [6.07, 6.45) is 4.66. The molecule has 2 aliphatic heterocycles. The summed E-state index contributed by atoms with van der Waals surface area (Å²) in [6.45, 7) is 3.25. The molecule has 2 aromatic rings. The molecule has 2 heterocycles. The summed E-state index contributed by atoms with van der Waals surface area (Å²) in [5.74, 6) is 0. The van der Waals surface area contributed by atoms with Crippen molar-refractivity contribution < 1.29 is 0 Å². The Hall–Kier alpha value is -2.13. The van der Waals surface area contributed by atoms with Gasteiger partial charge in [-0.25, -0.2) is 0 Å². The van der Waals surface area contributed by atoms with Gasteiger partial charge in [-0.1, -0.05) is 60.7 Å². The molecule has 3 nitrogen and oxygen atoms in total. The number of likely N-dealkylation sites (tertiary alicyclic amines) is 1. The van der Waals surface area contributed by atoms with Gasteiger partial charge in [0.2, 0.25) is 0 Å². The van der Waals surface area contributed by atoms with Gasteiger partial charge >= 0.3 is 0 Å². The van der Waals surface area contributed by atoms with Crippen molar-refractivity contribution in [2.75, 3.05) is 13.1 Å². The second-order valence-electron chi connectivity index (χ2n) is 6.48. The monoisotopic (exact) mass is 305 g/mol. The Kier molecular flexibility index (Phi) is 4.12. The van der Waals surface area contributed by atoms with Gasteiger partial charge in [-0.2, -0.15) is 5.10 Å². The molecule has 2 aliphatic rings. The lowest BCUT2D eigenvalue weighted by atomic mass is 10.2. The molecule has 3 heteroatoms. The van der Waals surface area contributed by atoms with E-state index in [4.69, 9.17) is 5.10 Å². The average molecular weight is 305 g/mol. The molecule has 4 rings (SSSR count). The minimum Gasteiger partial charge on any atom is -0.291 e. The van der Waals surface area contributed by atoms with Crippen LogP contribution in [-0.2, 0) is 6.54 Å². The van der Waals surface area contributed by atoms with Gasteiger partial charge in [0.25, 0.3) is 0 Å². The van der Waals surface area contributed by atoms with Gasteiger partial charge in [0.05, 0.1) is 12.6 Å². The summed E-state index contributed by atoms with van der Waals surface area (Å²) in [4.78, 5) is 2.54. The van der Waals surface area contributed by atoms with Gasteiger partial charge in [-0.05, 0) is 30.5 Å². The first-order valence-corrected chi connectivity index (χ1v) is 8.54. The third-order valence-electron chi connectivity index (χ3n) is 4.80. The van der Waals surface area contributed by atoms with Crippen molar-refractivity contribution in [1.82, 2.24) is 9.91 Å². The number of rotatable bonds is 5. The van der Waals surface area contributed by atoms with Crippen molar-refractivity contribution >= 4 is 6.21 Å². The van der Waals surface area contributed by atoms with Gasteiger partial charge in [0.15, 0.2) is 0 Å². The number of hydrogen-bond acceptors (Lipinski definition) is 3. The lowest BCUT2D eigenvalue weighted by Crippen LogP contribution is -2.30. The molecule has 0 aliphatic carbocycles. The number of hydrazone groups is 1. The predicted molar refractivity (Wildman–Crippen MR) is 94.3 cm³/mol. The van der Waals surface area contributed by atoms with Crippen molar-refractivity contribution in [1.29, 1.82) is 0 Å². The van der Waals surface area contributed by atoms with Gasteiger partial charge in [0.1, 0.15) is 0 Å². The van der Waals surface area contributed by atoms with Crippen LogP contribution in [0.15, 0.2) is 65.8 Å². The third-order valence-corrected chi connectivity index (χ3v) is 4.80. The molecule has 118 valence electrons. The highest BCUT2D eigenvalue weighted by Gasteiger charge is 2.34.